The lowest BCUT2D eigenvalue weighted by molar-refractivity contribution is 0.0770. The summed E-state index contributed by atoms with van der Waals surface area (Å²) in [7, 11) is 1.71. The average molecular weight is 193 g/mol. The van der Waals surface area contributed by atoms with Crippen LogP contribution in [0.1, 0.15) is 30.5 Å². The van der Waals surface area contributed by atoms with E-state index < -0.39 is 0 Å². The molecule has 1 aliphatic rings. The monoisotopic (exact) mass is 193 g/mol. The van der Waals surface area contributed by atoms with Crippen molar-refractivity contribution in [1.82, 2.24) is 9.97 Å². The molecular weight excluding hydrogens is 178 g/mol. The van der Waals surface area contributed by atoms with Crippen molar-refractivity contribution in [3.63, 3.8) is 0 Å². The molecule has 0 saturated heterocycles. The van der Waals surface area contributed by atoms with Gasteiger partial charge in [0.25, 0.3) is 0 Å². The highest BCUT2D eigenvalue weighted by molar-refractivity contribution is 5.06. The Kier molecular flexibility index (Phi) is 2.74. The Labute approximate surface area is 83.5 Å². The first-order chi connectivity index (χ1) is 6.85. The van der Waals surface area contributed by atoms with Gasteiger partial charge in [0.15, 0.2) is 5.82 Å². The first kappa shape index (κ1) is 9.55. The Hall–Kier alpha value is -1.00. The Morgan fingerprint density at radius 3 is 3.00 bits per heavy atom. The maximum Gasteiger partial charge on any atom is 0.157 e. The van der Waals surface area contributed by atoms with Crippen LogP contribution in [0.2, 0.25) is 0 Å². The fourth-order valence-electron chi connectivity index (χ4n) is 1.57. The second-order valence-electron chi connectivity index (χ2n) is 3.60. The molecule has 1 aromatic rings. The molecule has 2 N–H and O–H groups in total. The third kappa shape index (κ3) is 1.91. The topological polar surface area (TPSA) is 61.0 Å². The normalized spacial score (nSPS) is 18.1. The SMILES string of the molecule is COC(c1nccc(CN)n1)C1CC1. The van der Waals surface area contributed by atoms with Crippen LogP contribution in [0.3, 0.4) is 0 Å². The van der Waals surface area contributed by atoms with E-state index in [-0.39, 0.29) is 6.10 Å². The number of methoxy groups -OCH3 is 1. The van der Waals surface area contributed by atoms with Crippen molar-refractivity contribution >= 4 is 0 Å². The Morgan fingerprint density at radius 2 is 2.43 bits per heavy atom. The molecule has 1 atom stereocenters. The first-order valence-electron chi connectivity index (χ1n) is 4.90. The van der Waals surface area contributed by atoms with E-state index >= 15 is 0 Å². The summed E-state index contributed by atoms with van der Waals surface area (Å²) in [4.78, 5) is 8.59. The van der Waals surface area contributed by atoms with Gasteiger partial charge in [-0.1, -0.05) is 0 Å². The van der Waals surface area contributed by atoms with Gasteiger partial charge in [-0.2, -0.15) is 0 Å². The number of nitrogens with two attached hydrogens (primary N) is 1. The molecule has 1 heterocycles. The van der Waals surface area contributed by atoms with Gasteiger partial charge >= 0.3 is 0 Å². The van der Waals surface area contributed by atoms with Crippen LogP contribution < -0.4 is 5.73 Å². The highest BCUT2D eigenvalue weighted by Crippen LogP contribution is 2.41. The van der Waals surface area contributed by atoms with Gasteiger partial charge in [-0.05, 0) is 24.8 Å². The first-order valence-corrected chi connectivity index (χ1v) is 4.90. The predicted octanol–water partition coefficient (Wildman–Crippen LogP) is 1.03. The fourth-order valence-corrected chi connectivity index (χ4v) is 1.57. The van der Waals surface area contributed by atoms with Gasteiger partial charge in [-0.3, -0.25) is 0 Å². The zero-order valence-corrected chi connectivity index (χ0v) is 8.31. The maximum atomic E-state index is 5.52. The van der Waals surface area contributed by atoms with Crippen molar-refractivity contribution in [2.45, 2.75) is 25.5 Å². The smallest absolute Gasteiger partial charge is 0.157 e. The van der Waals surface area contributed by atoms with E-state index in [2.05, 4.69) is 9.97 Å². The van der Waals surface area contributed by atoms with Crippen LogP contribution in [0, 0.1) is 5.92 Å². The second-order valence-corrected chi connectivity index (χ2v) is 3.60. The van der Waals surface area contributed by atoms with E-state index in [1.54, 1.807) is 13.3 Å². The lowest BCUT2D eigenvalue weighted by atomic mass is 10.2. The number of ether oxygens (including phenoxy) is 1. The summed E-state index contributed by atoms with van der Waals surface area (Å²) >= 11 is 0. The van der Waals surface area contributed by atoms with Crippen molar-refractivity contribution in [2.75, 3.05) is 7.11 Å². The number of hydrogen-bond donors (Lipinski definition) is 1. The summed E-state index contributed by atoms with van der Waals surface area (Å²) in [5.41, 5.74) is 6.39. The molecule has 14 heavy (non-hydrogen) atoms. The Bertz CT molecular complexity index is 312. The molecule has 0 aliphatic heterocycles. The van der Waals surface area contributed by atoms with Crippen molar-refractivity contribution < 1.29 is 4.74 Å². The van der Waals surface area contributed by atoms with Gasteiger partial charge in [0.05, 0.1) is 5.69 Å². The standard InChI is InChI=1S/C10H15N3O/c1-14-9(7-2-3-7)10-12-5-4-8(6-11)13-10/h4-5,7,9H,2-3,6,11H2,1H3. The van der Waals surface area contributed by atoms with Crippen molar-refractivity contribution in [1.29, 1.82) is 0 Å². The summed E-state index contributed by atoms with van der Waals surface area (Å²) in [6.45, 7) is 0.455. The zero-order valence-electron chi connectivity index (χ0n) is 8.31. The number of rotatable bonds is 4. The lowest BCUT2D eigenvalue weighted by Gasteiger charge is -2.12. The van der Waals surface area contributed by atoms with Crippen LogP contribution in [0.15, 0.2) is 12.3 Å². The van der Waals surface area contributed by atoms with Crippen molar-refractivity contribution in [2.24, 2.45) is 11.7 Å². The van der Waals surface area contributed by atoms with Crippen LogP contribution in [0.4, 0.5) is 0 Å². The largest absolute Gasteiger partial charge is 0.373 e. The van der Waals surface area contributed by atoms with E-state index in [1.807, 2.05) is 6.07 Å². The number of nitrogens with zero attached hydrogens (tertiary/aromatic N) is 2. The summed E-state index contributed by atoms with van der Waals surface area (Å²) in [6.07, 6.45) is 4.24. The zero-order chi connectivity index (χ0) is 9.97. The molecule has 0 amide bonds. The summed E-state index contributed by atoms with van der Waals surface area (Å²) in [5, 5.41) is 0. The average Bonchev–Trinajstić information content (AvgIpc) is 3.04. The van der Waals surface area contributed by atoms with Crippen molar-refractivity contribution in [3.05, 3.63) is 23.8 Å². The van der Waals surface area contributed by atoms with E-state index in [1.165, 1.54) is 12.8 Å². The molecule has 1 saturated carbocycles. The molecular formula is C10H15N3O. The second kappa shape index (κ2) is 4.02. The van der Waals surface area contributed by atoms with Gasteiger partial charge in [0.2, 0.25) is 0 Å². The van der Waals surface area contributed by atoms with E-state index in [4.69, 9.17) is 10.5 Å². The Balaban J connectivity index is 2.20. The number of hydrogen-bond acceptors (Lipinski definition) is 4. The molecule has 1 fully saturated rings. The van der Waals surface area contributed by atoms with Gasteiger partial charge < -0.3 is 10.5 Å². The molecule has 76 valence electrons. The minimum absolute atomic E-state index is 0.0569. The molecule has 0 aromatic carbocycles. The molecule has 4 nitrogen and oxygen atoms in total. The van der Waals surface area contributed by atoms with Gasteiger partial charge in [0, 0.05) is 19.9 Å². The van der Waals surface area contributed by atoms with Gasteiger partial charge in [0.1, 0.15) is 6.10 Å². The van der Waals surface area contributed by atoms with E-state index in [0.717, 1.165) is 11.5 Å². The quantitative estimate of drug-likeness (QED) is 0.776. The molecule has 1 unspecified atom stereocenters. The van der Waals surface area contributed by atoms with E-state index in [9.17, 15) is 0 Å². The maximum absolute atomic E-state index is 5.52. The number of aromatic nitrogens is 2. The van der Waals surface area contributed by atoms with Crippen LogP contribution in [0.5, 0.6) is 0 Å². The fraction of sp³-hybridized carbons (Fsp3) is 0.600. The molecule has 0 radical (unpaired) electrons. The minimum atomic E-state index is 0.0569. The molecule has 1 aliphatic carbocycles. The third-order valence-electron chi connectivity index (χ3n) is 2.50. The van der Waals surface area contributed by atoms with Crippen molar-refractivity contribution in [3.8, 4) is 0 Å². The van der Waals surface area contributed by atoms with Gasteiger partial charge in [-0.25, -0.2) is 9.97 Å². The molecule has 4 heteroatoms. The highest BCUT2D eigenvalue weighted by Gasteiger charge is 2.34. The molecule has 2 rings (SSSR count). The highest BCUT2D eigenvalue weighted by atomic mass is 16.5. The van der Waals surface area contributed by atoms with Crippen LogP contribution >= 0.6 is 0 Å². The molecule has 1 aromatic heterocycles. The Morgan fingerprint density at radius 1 is 1.64 bits per heavy atom. The van der Waals surface area contributed by atoms with E-state index in [0.29, 0.717) is 12.5 Å². The molecule has 0 bridgehead atoms. The summed E-state index contributed by atoms with van der Waals surface area (Å²) in [6, 6.07) is 1.84. The third-order valence-corrected chi connectivity index (χ3v) is 2.50. The van der Waals surface area contributed by atoms with Crippen LogP contribution in [-0.4, -0.2) is 17.1 Å². The predicted molar refractivity (Wildman–Crippen MR) is 52.4 cm³/mol. The lowest BCUT2D eigenvalue weighted by Crippen LogP contribution is -2.11. The molecule has 0 spiro atoms. The van der Waals surface area contributed by atoms with Crippen LogP contribution in [0.25, 0.3) is 0 Å². The summed E-state index contributed by atoms with van der Waals surface area (Å²) in [5.74, 6) is 1.38. The summed E-state index contributed by atoms with van der Waals surface area (Å²) < 4.78 is 5.39. The minimum Gasteiger partial charge on any atom is -0.373 e. The van der Waals surface area contributed by atoms with Gasteiger partial charge in [-0.15, -0.1) is 0 Å². The van der Waals surface area contributed by atoms with Crippen LogP contribution in [-0.2, 0) is 11.3 Å².